The molecule has 0 atom stereocenters. The fourth-order valence-electron chi connectivity index (χ4n) is 2.37. The Kier molecular flexibility index (Phi) is 4.42. The second-order valence-corrected chi connectivity index (χ2v) is 5.39. The van der Waals surface area contributed by atoms with E-state index >= 15 is 0 Å². The molecule has 0 unspecified atom stereocenters. The minimum atomic E-state index is -0.383. The summed E-state index contributed by atoms with van der Waals surface area (Å²) in [4.78, 5) is 14.1. The van der Waals surface area contributed by atoms with E-state index in [1.165, 1.54) is 12.1 Å². The van der Waals surface area contributed by atoms with Crippen molar-refractivity contribution in [1.29, 1.82) is 0 Å². The highest BCUT2D eigenvalue weighted by atomic mass is 35.5. The molecule has 0 aromatic heterocycles. The Morgan fingerprint density at radius 3 is 2.68 bits per heavy atom. The number of carbonyl (C=O) groups is 1. The van der Waals surface area contributed by atoms with Gasteiger partial charge in [-0.3, -0.25) is 4.79 Å². The fraction of sp³-hybridized carbons (Fsp3) is 0.500. The van der Waals surface area contributed by atoms with Gasteiger partial charge in [0.15, 0.2) is 0 Å². The van der Waals surface area contributed by atoms with Crippen molar-refractivity contribution in [3.05, 3.63) is 34.1 Å². The summed E-state index contributed by atoms with van der Waals surface area (Å²) in [5.74, 6) is -0.522. The maximum atomic E-state index is 13.4. The first-order valence-corrected chi connectivity index (χ1v) is 6.82. The summed E-state index contributed by atoms with van der Waals surface area (Å²) in [5, 5.41) is 3.44. The summed E-state index contributed by atoms with van der Waals surface area (Å²) >= 11 is 5.98. The molecule has 1 aromatic rings. The molecule has 1 saturated heterocycles. The topological polar surface area (TPSA) is 32.3 Å². The van der Waals surface area contributed by atoms with Gasteiger partial charge in [0.25, 0.3) is 5.91 Å². The number of rotatable bonds is 2. The molecule has 1 amide bonds. The predicted octanol–water partition coefficient (Wildman–Crippen LogP) is 2.61. The van der Waals surface area contributed by atoms with Crippen LogP contribution < -0.4 is 5.32 Å². The van der Waals surface area contributed by atoms with Gasteiger partial charge in [-0.2, -0.15) is 0 Å². The lowest BCUT2D eigenvalue weighted by Gasteiger charge is -2.32. The molecular formula is C14H18ClFN2O. The number of piperidine rings is 1. The SMILES string of the molecule is Cc1cc(C(=O)N(C)C2CCNCC2)c(Cl)cc1F. The summed E-state index contributed by atoms with van der Waals surface area (Å²) < 4.78 is 13.4. The molecule has 3 nitrogen and oxygen atoms in total. The highest BCUT2D eigenvalue weighted by molar-refractivity contribution is 6.33. The molecule has 1 aliphatic heterocycles. The van der Waals surface area contributed by atoms with E-state index in [9.17, 15) is 9.18 Å². The normalized spacial score (nSPS) is 16.4. The van der Waals surface area contributed by atoms with Crippen molar-refractivity contribution in [2.24, 2.45) is 0 Å². The van der Waals surface area contributed by atoms with E-state index in [0.717, 1.165) is 25.9 Å². The van der Waals surface area contributed by atoms with Crippen LogP contribution in [0.5, 0.6) is 0 Å². The van der Waals surface area contributed by atoms with Crippen molar-refractivity contribution in [2.45, 2.75) is 25.8 Å². The second kappa shape index (κ2) is 5.88. The molecular weight excluding hydrogens is 267 g/mol. The van der Waals surface area contributed by atoms with Gasteiger partial charge < -0.3 is 10.2 Å². The lowest BCUT2D eigenvalue weighted by Crippen LogP contribution is -2.44. The molecule has 0 bridgehead atoms. The molecule has 1 N–H and O–H groups in total. The standard InChI is InChI=1S/C14H18ClFN2O/c1-9-7-11(12(15)8-13(9)16)14(19)18(2)10-3-5-17-6-4-10/h7-8,10,17H,3-6H2,1-2H3. The van der Waals surface area contributed by atoms with Crippen LogP contribution in [0.2, 0.25) is 5.02 Å². The Bertz CT molecular complexity index is 487. The summed E-state index contributed by atoms with van der Waals surface area (Å²) in [5.41, 5.74) is 0.813. The number of aryl methyl sites for hydroxylation is 1. The van der Waals surface area contributed by atoms with E-state index in [0.29, 0.717) is 11.1 Å². The van der Waals surface area contributed by atoms with E-state index in [1.54, 1.807) is 18.9 Å². The van der Waals surface area contributed by atoms with Gasteiger partial charge in [0.05, 0.1) is 10.6 Å². The van der Waals surface area contributed by atoms with Crippen molar-refractivity contribution in [1.82, 2.24) is 10.2 Å². The smallest absolute Gasteiger partial charge is 0.255 e. The van der Waals surface area contributed by atoms with Crippen LogP contribution in [0.15, 0.2) is 12.1 Å². The maximum absolute atomic E-state index is 13.4. The number of benzene rings is 1. The van der Waals surface area contributed by atoms with Crippen LogP contribution in [0.25, 0.3) is 0 Å². The van der Waals surface area contributed by atoms with Crippen molar-refractivity contribution in [3.8, 4) is 0 Å². The van der Waals surface area contributed by atoms with Crippen LogP contribution >= 0.6 is 11.6 Å². The third-order valence-electron chi connectivity index (χ3n) is 3.66. The van der Waals surface area contributed by atoms with Gasteiger partial charge in [-0.05, 0) is 50.6 Å². The Morgan fingerprint density at radius 1 is 1.42 bits per heavy atom. The highest BCUT2D eigenvalue weighted by Gasteiger charge is 2.24. The average molecular weight is 285 g/mol. The third-order valence-corrected chi connectivity index (χ3v) is 3.97. The van der Waals surface area contributed by atoms with Crippen molar-refractivity contribution in [3.63, 3.8) is 0 Å². The van der Waals surface area contributed by atoms with Crippen molar-refractivity contribution < 1.29 is 9.18 Å². The molecule has 1 heterocycles. The maximum Gasteiger partial charge on any atom is 0.255 e. The average Bonchev–Trinajstić information content (AvgIpc) is 2.42. The third kappa shape index (κ3) is 3.07. The summed E-state index contributed by atoms with van der Waals surface area (Å²) in [6, 6.07) is 2.95. The molecule has 0 aliphatic carbocycles. The molecule has 104 valence electrons. The fourth-order valence-corrected chi connectivity index (χ4v) is 2.60. The molecule has 0 spiro atoms. The Labute approximate surface area is 117 Å². The Balaban J connectivity index is 2.21. The van der Waals surface area contributed by atoms with Crippen molar-refractivity contribution in [2.75, 3.05) is 20.1 Å². The molecule has 0 saturated carbocycles. The summed E-state index contributed by atoms with van der Waals surface area (Å²) in [6.45, 7) is 3.46. The highest BCUT2D eigenvalue weighted by Crippen LogP contribution is 2.23. The molecule has 1 aromatic carbocycles. The lowest BCUT2D eigenvalue weighted by atomic mass is 10.0. The van der Waals surface area contributed by atoms with Gasteiger partial charge in [-0.15, -0.1) is 0 Å². The monoisotopic (exact) mass is 284 g/mol. The van der Waals surface area contributed by atoms with Crippen molar-refractivity contribution >= 4 is 17.5 Å². The first kappa shape index (κ1) is 14.3. The van der Waals surface area contributed by atoms with Gasteiger partial charge in [0.2, 0.25) is 0 Å². The lowest BCUT2D eigenvalue weighted by molar-refractivity contribution is 0.0703. The number of hydrogen-bond acceptors (Lipinski definition) is 2. The van der Waals surface area contributed by atoms with E-state index in [4.69, 9.17) is 11.6 Å². The van der Waals surface area contributed by atoms with E-state index in [1.807, 2.05) is 0 Å². The van der Waals surface area contributed by atoms with E-state index in [2.05, 4.69) is 5.32 Å². The van der Waals surface area contributed by atoms with Crippen LogP contribution in [0.3, 0.4) is 0 Å². The van der Waals surface area contributed by atoms with Crippen LogP contribution in [0.1, 0.15) is 28.8 Å². The van der Waals surface area contributed by atoms with Gasteiger partial charge in [0.1, 0.15) is 5.82 Å². The predicted molar refractivity (Wildman–Crippen MR) is 74.1 cm³/mol. The van der Waals surface area contributed by atoms with E-state index in [-0.39, 0.29) is 22.8 Å². The molecule has 2 rings (SSSR count). The first-order valence-electron chi connectivity index (χ1n) is 6.44. The summed E-state index contributed by atoms with van der Waals surface area (Å²) in [7, 11) is 1.79. The van der Waals surface area contributed by atoms with E-state index < -0.39 is 0 Å². The zero-order valence-electron chi connectivity index (χ0n) is 11.2. The van der Waals surface area contributed by atoms with Gasteiger partial charge in [-0.25, -0.2) is 4.39 Å². The van der Waals surface area contributed by atoms with Crippen LogP contribution in [-0.4, -0.2) is 37.0 Å². The van der Waals surface area contributed by atoms with Gasteiger partial charge in [0, 0.05) is 13.1 Å². The molecule has 0 radical (unpaired) electrons. The first-order chi connectivity index (χ1) is 9.00. The van der Waals surface area contributed by atoms with Gasteiger partial charge >= 0.3 is 0 Å². The molecule has 1 aliphatic rings. The number of nitrogens with zero attached hydrogens (tertiary/aromatic N) is 1. The molecule has 19 heavy (non-hydrogen) atoms. The molecule has 5 heteroatoms. The number of halogens is 2. The van der Waals surface area contributed by atoms with Crippen LogP contribution in [-0.2, 0) is 0 Å². The number of hydrogen-bond donors (Lipinski definition) is 1. The number of carbonyl (C=O) groups excluding carboxylic acids is 1. The molecule has 1 fully saturated rings. The minimum absolute atomic E-state index is 0.139. The number of amides is 1. The minimum Gasteiger partial charge on any atom is -0.339 e. The second-order valence-electron chi connectivity index (χ2n) is 4.98. The number of nitrogens with one attached hydrogen (secondary N) is 1. The Hall–Kier alpha value is -1.13. The summed E-state index contributed by atoms with van der Waals surface area (Å²) in [6.07, 6.45) is 1.86. The zero-order valence-corrected chi connectivity index (χ0v) is 11.9. The largest absolute Gasteiger partial charge is 0.339 e. The Morgan fingerprint density at radius 2 is 2.05 bits per heavy atom. The van der Waals surface area contributed by atoms with Crippen LogP contribution in [0, 0.1) is 12.7 Å². The zero-order chi connectivity index (χ0) is 14.0. The quantitative estimate of drug-likeness (QED) is 0.905. The van der Waals surface area contributed by atoms with Crippen LogP contribution in [0.4, 0.5) is 4.39 Å². The van der Waals surface area contributed by atoms with Gasteiger partial charge in [-0.1, -0.05) is 11.6 Å².